The third kappa shape index (κ3) is 34.5. The van der Waals surface area contributed by atoms with Gasteiger partial charge < -0.3 is 0 Å². The van der Waals surface area contributed by atoms with Crippen molar-refractivity contribution < 1.29 is 31.0 Å². The van der Waals surface area contributed by atoms with Crippen LogP contribution in [0.1, 0.15) is 27.2 Å². The summed E-state index contributed by atoms with van der Waals surface area (Å²) in [6, 6.07) is -1.56. The summed E-state index contributed by atoms with van der Waals surface area (Å²) in [5, 5.41) is 0. The molecule has 0 unspecified atom stereocenters. The Balaban J connectivity index is -0.000000142. The van der Waals surface area contributed by atoms with Crippen LogP contribution in [0.2, 0.25) is 0 Å². The van der Waals surface area contributed by atoms with Crippen molar-refractivity contribution in [1.29, 1.82) is 0 Å². The summed E-state index contributed by atoms with van der Waals surface area (Å²) >= 11 is 0. The molecule has 4 heteroatoms. The maximum atomic E-state index is 11.1. The maximum Gasteiger partial charge on any atom is 0.308 e. The van der Waals surface area contributed by atoms with Gasteiger partial charge in [-0.2, -0.15) is 4.39 Å². The summed E-state index contributed by atoms with van der Waals surface area (Å²) in [6.45, 7) is 4.80. The zero-order chi connectivity index (χ0) is 9.28. The van der Waals surface area contributed by atoms with Crippen molar-refractivity contribution in [3.63, 3.8) is 0 Å². The van der Waals surface area contributed by atoms with Gasteiger partial charge in [0.2, 0.25) is 0 Å². The van der Waals surface area contributed by atoms with E-state index in [0.29, 0.717) is 0 Å². The Hall–Kier alpha value is -0.651. The summed E-state index contributed by atoms with van der Waals surface area (Å²) in [6.07, 6.45) is -0.583. The van der Waals surface area contributed by atoms with E-state index in [1.165, 1.54) is 0 Å². The van der Waals surface area contributed by atoms with Gasteiger partial charge in [-0.15, -0.1) is 11.8 Å². The van der Waals surface area contributed by atoms with Gasteiger partial charge in [-0.05, 0) is 20.8 Å². The molecular formula is C8H11CuFO2. The van der Waals surface area contributed by atoms with Gasteiger partial charge in [-0.1, -0.05) is 0 Å². The summed E-state index contributed by atoms with van der Waals surface area (Å²) in [5.74, 6) is 4.92. The fraction of sp³-hybridized carbons (Fsp3) is 0.500. The normalized spacial score (nSPS) is 6.00. The average Bonchev–Trinajstić information content (AvgIpc) is 1.85. The van der Waals surface area contributed by atoms with Crippen molar-refractivity contribution in [3.8, 4) is 11.8 Å². The SMILES string of the molecule is CC#CC.CC(=O)CC(=O)F.[Cu]. The Labute approximate surface area is 82.4 Å². The predicted octanol–water partition coefficient (Wildman–Crippen LogP) is 1.49. The summed E-state index contributed by atoms with van der Waals surface area (Å²) in [4.78, 5) is 19.2. The second kappa shape index (κ2) is 13.0. The number of carbonyl (C=O) groups is 2. The second-order valence-corrected chi connectivity index (χ2v) is 1.73. The number of Topliss-reactive ketones (excluding diaryl/α,β-unsaturated/α-hetero) is 1. The van der Waals surface area contributed by atoms with E-state index in [1.54, 1.807) is 0 Å². The van der Waals surface area contributed by atoms with Crippen LogP contribution in [0.25, 0.3) is 0 Å². The molecule has 0 aromatic heterocycles. The molecule has 0 saturated carbocycles. The number of hydrogen-bond donors (Lipinski definition) is 0. The minimum Gasteiger partial charge on any atom is -0.299 e. The molecule has 1 radical (unpaired) electrons. The molecule has 0 rings (SSSR count). The Morgan fingerprint density at radius 1 is 1.25 bits per heavy atom. The van der Waals surface area contributed by atoms with Gasteiger partial charge in [0.15, 0.2) is 0 Å². The maximum absolute atomic E-state index is 11.1. The smallest absolute Gasteiger partial charge is 0.299 e. The fourth-order valence-electron chi connectivity index (χ4n) is 0.196. The van der Waals surface area contributed by atoms with E-state index >= 15 is 0 Å². The zero-order valence-corrected chi connectivity index (χ0v) is 8.14. The monoisotopic (exact) mass is 221 g/mol. The zero-order valence-electron chi connectivity index (χ0n) is 7.20. The van der Waals surface area contributed by atoms with Gasteiger partial charge in [0, 0.05) is 17.1 Å². The van der Waals surface area contributed by atoms with Crippen LogP contribution in [0.15, 0.2) is 0 Å². The van der Waals surface area contributed by atoms with Crippen LogP contribution in [0, 0.1) is 11.8 Å². The van der Waals surface area contributed by atoms with E-state index < -0.39 is 18.2 Å². The van der Waals surface area contributed by atoms with Crippen molar-refractivity contribution >= 4 is 11.8 Å². The number of hydrogen-bond acceptors (Lipinski definition) is 2. The van der Waals surface area contributed by atoms with Crippen molar-refractivity contribution in [1.82, 2.24) is 0 Å². The van der Waals surface area contributed by atoms with Gasteiger partial charge >= 0.3 is 6.04 Å². The third-order valence-electron chi connectivity index (χ3n) is 0.638. The van der Waals surface area contributed by atoms with E-state index in [9.17, 15) is 14.0 Å². The minimum absolute atomic E-state index is 0. The van der Waals surface area contributed by atoms with E-state index in [0.717, 1.165) is 6.92 Å². The second-order valence-electron chi connectivity index (χ2n) is 1.73. The quantitative estimate of drug-likeness (QED) is 0.307. The van der Waals surface area contributed by atoms with Crippen molar-refractivity contribution in [2.24, 2.45) is 0 Å². The third-order valence-corrected chi connectivity index (χ3v) is 0.638. The summed E-state index contributed by atoms with van der Waals surface area (Å²) < 4.78 is 11.1. The Morgan fingerprint density at radius 3 is 1.58 bits per heavy atom. The molecule has 0 saturated heterocycles. The first-order valence-corrected chi connectivity index (χ1v) is 3.05. The van der Waals surface area contributed by atoms with Crippen molar-refractivity contribution in [2.75, 3.05) is 0 Å². The molecule has 0 heterocycles. The molecule has 0 N–H and O–H groups in total. The molecule has 0 bridgehead atoms. The molecule has 0 atom stereocenters. The first-order valence-electron chi connectivity index (χ1n) is 3.05. The predicted molar refractivity (Wildman–Crippen MR) is 40.5 cm³/mol. The van der Waals surface area contributed by atoms with E-state index in [4.69, 9.17) is 0 Å². The standard InChI is InChI=1S/C4H5FO2.C4H6.Cu/c1-3(6)2-4(5)7;1-3-4-2;/h2H2,1H3;1-2H3;. The molecule has 0 aliphatic heterocycles. The summed E-state index contributed by atoms with van der Waals surface area (Å²) in [7, 11) is 0. The molecule has 0 spiro atoms. The first kappa shape index (κ1) is 17.4. The van der Waals surface area contributed by atoms with Gasteiger partial charge in [0.05, 0.1) is 6.42 Å². The van der Waals surface area contributed by atoms with E-state index in [-0.39, 0.29) is 17.1 Å². The Bertz CT molecular complexity index is 173. The van der Waals surface area contributed by atoms with Crippen molar-refractivity contribution in [2.45, 2.75) is 27.2 Å². The first-order chi connectivity index (χ1) is 5.04. The van der Waals surface area contributed by atoms with Crippen LogP contribution >= 0.6 is 0 Å². The van der Waals surface area contributed by atoms with Crippen LogP contribution in [0.3, 0.4) is 0 Å². The molecule has 0 aromatic carbocycles. The average molecular weight is 222 g/mol. The largest absolute Gasteiger partial charge is 0.308 e. The van der Waals surface area contributed by atoms with Gasteiger partial charge in [0.25, 0.3) is 0 Å². The number of ketones is 1. The molecular weight excluding hydrogens is 211 g/mol. The Morgan fingerprint density at radius 2 is 1.58 bits per heavy atom. The minimum atomic E-state index is -1.56. The molecule has 0 fully saturated rings. The topological polar surface area (TPSA) is 34.1 Å². The van der Waals surface area contributed by atoms with Gasteiger partial charge in [-0.3, -0.25) is 9.59 Å². The molecule has 12 heavy (non-hydrogen) atoms. The van der Waals surface area contributed by atoms with Crippen molar-refractivity contribution in [3.05, 3.63) is 0 Å². The molecule has 73 valence electrons. The van der Waals surface area contributed by atoms with Crippen LogP contribution in [0.5, 0.6) is 0 Å². The van der Waals surface area contributed by atoms with Crippen LogP contribution < -0.4 is 0 Å². The fourth-order valence-corrected chi connectivity index (χ4v) is 0.196. The van der Waals surface area contributed by atoms with Crippen LogP contribution in [0.4, 0.5) is 4.39 Å². The van der Waals surface area contributed by atoms with Gasteiger partial charge in [0.1, 0.15) is 5.78 Å². The number of rotatable bonds is 2. The van der Waals surface area contributed by atoms with Crippen LogP contribution in [-0.4, -0.2) is 11.8 Å². The van der Waals surface area contributed by atoms with Gasteiger partial charge in [-0.25, -0.2) is 0 Å². The van der Waals surface area contributed by atoms with Crippen LogP contribution in [-0.2, 0) is 26.7 Å². The molecule has 0 aliphatic carbocycles. The Kier molecular flexibility index (Phi) is 18.9. The molecule has 0 aliphatic rings. The number of carbonyl (C=O) groups excluding carboxylic acids is 2. The summed E-state index contributed by atoms with van der Waals surface area (Å²) in [5.41, 5.74) is 0. The molecule has 0 amide bonds. The van der Waals surface area contributed by atoms with E-state index in [2.05, 4.69) is 11.8 Å². The van der Waals surface area contributed by atoms with E-state index in [1.807, 2.05) is 13.8 Å². The molecule has 0 aromatic rings. The number of halogens is 1. The molecule has 2 nitrogen and oxygen atoms in total.